The van der Waals surface area contributed by atoms with Crippen LogP contribution in [0.2, 0.25) is 0 Å². The van der Waals surface area contributed by atoms with Crippen molar-refractivity contribution in [1.82, 2.24) is 19.7 Å². The molecule has 1 aliphatic heterocycles. The second kappa shape index (κ2) is 5.30. The van der Waals surface area contributed by atoms with Crippen molar-refractivity contribution in [3.8, 4) is 0 Å². The van der Waals surface area contributed by atoms with Gasteiger partial charge in [-0.25, -0.2) is 4.39 Å². The van der Waals surface area contributed by atoms with Crippen LogP contribution in [0.25, 0.3) is 0 Å². The molecule has 0 saturated carbocycles. The highest BCUT2D eigenvalue weighted by atomic mass is 19.1. The van der Waals surface area contributed by atoms with E-state index in [1.807, 2.05) is 19.1 Å². The maximum atomic E-state index is 13.1. The summed E-state index contributed by atoms with van der Waals surface area (Å²) in [5.41, 5.74) is 7.19. The first-order chi connectivity index (χ1) is 9.65. The third kappa shape index (κ3) is 2.44. The van der Waals surface area contributed by atoms with E-state index < -0.39 is 0 Å². The van der Waals surface area contributed by atoms with Crippen LogP contribution in [-0.4, -0.2) is 32.3 Å². The van der Waals surface area contributed by atoms with Crippen LogP contribution in [-0.2, 0) is 13.1 Å². The van der Waals surface area contributed by atoms with Gasteiger partial charge in [-0.15, -0.1) is 10.2 Å². The molecule has 0 radical (unpaired) electrons. The van der Waals surface area contributed by atoms with Crippen LogP contribution < -0.4 is 5.73 Å². The van der Waals surface area contributed by atoms with Gasteiger partial charge >= 0.3 is 0 Å². The average Bonchev–Trinajstić information content (AvgIpc) is 2.88. The first-order valence-corrected chi connectivity index (χ1v) is 6.77. The van der Waals surface area contributed by atoms with Crippen molar-refractivity contribution in [2.75, 3.05) is 6.54 Å². The van der Waals surface area contributed by atoms with Crippen molar-refractivity contribution in [3.63, 3.8) is 0 Å². The molecule has 2 atom stereocenters. The largest absolute Gasteiger partial charge is 0.326 e. The molecule has 0 amide bonds. The molecule has 0 saturated heterocycles. The van der Waals surface area contributed by atoms with Gasteiger partial charge in [0.15, 0.2) is 0 Å². The Kier molecular flexibility index (Phi) is 3.50. The summed E-state index contributed by atoms with van der Waals surface area (Å²) in [5, 5.41) is 8.06. The van der Waals surface area contributed by atoms with Gasteiger partial charge in [0, 0.05) is 19.1 Å². The first-order valence-electron chi connectivity index (χ1n) is 6.77. The van der Waals surface area contributed by atoms with Crippen LogP contribution in [0.5, 0.6) is 0 Å². The number of hydrogen-bond acceptors (Lipinski definition) is 4. The van der Waals surface area contributed by atoms with E-state index in [-0.39, 0.29) is 17.9 Å². The van der Waals surface area contributed by atoms with Crippen LogP contribution in [0.4, 0.5) is 4.39 Å². The summed E-state index contributed by atoms with van der Waals surface area (Å²) < 4.78 is 15.1. The van der Waals surface area contributed by atoms with E-state index in [1.165, 1.54) is 12.1 Å². The highest BCUT2D eigenvalue weighted by Gasteiger charge is 2.28. The molecular formula is C14H18FN5. The van der Waals surface area contributed by atoms with Crippen molar-refractivity contribution in [2.24, 2.45) is 5.73 Å². The zero-order chi connectivity index (χ0) is 14.1. The maximum absolute atomic E-state index is 13.1. The number of aromatic nitrogens is 3. The van der Waals surface area contributed by atoms with Gasteiger partial charge in [0.1, 0.15) is 18.0 Å². The molecule has 0 bridgehead atoms. The summed E-state index contributed by atoms with van der Waals surface area (Å²) >= 11 is 0. The molecule has 0 fully saturated rings. The predicted octanol–water partition coefficient (Wildman–Crippen LogP) is 1.32. The number of nitrogens with zero attached hydrogens (tertiary/aromatic N) is 4. The molecule has 0 spiro atoms. The lowest BCUT2D eigenvalue weighted by atomic mass is 9.98. The minimum absolute atomic E-state index is 0.0464. The van der Waals surface area contributed by atoms with E-state index in [2.05, 4.69) is 19.7 Å². The fraction of sp³-hybridized carbons (Fsp3) is 0.429. The Bertz CT molecular complexity index is 578. The SMILES string of the molecule is CC(N)C(c1ccc(F)cc1)N1CCn2cnnc2C1. The highest BCUT2D eigenvalue weighted by Crippen LogP contribution is 2.27. The lowest BCUT2D eigenvalue weighted by Gasteiger charge is -2.36. The van der Waals surface area contributed by atoms with Gasteiger partial charge in [0.25, 0.3) is 0 Å². The monoisotopic (exact) mass is 275 g/mol. The Hall–Kier alpha value is -1.79. The summed E-state index contributed by atoms with van der Waals surface area (Å²) in [7, 11) is 0. The van der Waals surface area contributed by atoms with E-state index in [0.29, 0.717) is 6.54 Å². The molecule has 5 nitrogen and oxygen atoms in total. The van der Waals surface area contributed by atoms with Gasteiger partial charge in [-0.3, -0.25) is 4.90 Å². The second-order valence-corrected chi connectivity index (χ2v) is 5.27. The Morgan fingerprint density at radius 2 is 2.00 bits per heavy atom. The molecule has 1 aromatic heterocycles. The average molecular weight is 275 g/mol. The molecule has 1 aliphatic rings. The molecule has 6 heteroatoms. The van der Waals surface area contributed by atoms with E-state index in [0.717, 1.165) is 24.5 Å². The summed E-state index contributed by atoms with van der Waals surface area (Å²) in [6, 6.07) is 6.59. The maximum Gasteiger partial charge on any atom is 0.147 e. The van der Waals surface area contributed by atoms with Crippen LogP contribution in [0.3, 0.4) is 0 Å². The summed E-state index contributed by atoms with van der Waals surface area (Å²) in [4.78, 5) is 2.28. The van der Waals surface area contributed by atoms with E-state index >= 15 is 0 Å². The number of nitrogens with two attached hydrogens (primary N) is 1. The second-order valence-electron chi connectivity index (χ2n) is 5.27. The van der Waals surface area contributed by atoms with Gasteiger partial charge in [0.05, 0.1) is 12.6 Å². The molecule has 2 heterocycles. The topological polar surface area (TPSA) is 60.0 Å². The van der Waals surface area contributed by atoms with Crippen LogP contribution in [0, 0.1) is 5.82 Å². The zero-order valence-corrected chi connectivity index (χ0v) is 11.4. The van der Waals surface area contributed by atoms with E-state index in [9.17, 15) is 4.39 Å². The lowest BCUT2D eigenvalue weighted by molar-refractivity contribution is 0.136. The molecule has 20 heavy (non-hydrogen) atoms. The molecule has 2 aromatic rings. The Morgan fingerprint density at radius 1 is 1.25 bits per heavy atom. The highest BCUT2D eigenvalue weighted by molar-refractivity contribution is 5.22. The van der Waals surface area contributed by atoms with Gasteiger partial charge in [-0.05, 0) is 24.6 Å². The van der Waals surface area contributed by atoms with Crippen molar-refractivity contribution in [3.05, 3.63) is 47.8 Å². The quantitative estimate of drug-likeness (QED) is 0.918. The van der Waals surface area contributed by atoms with Gasteiger partial charge < -0.3 is 10.3 Å². The number of rotatable bonds is 3. The smallest absolute Gasteiger partial charge is 0.147 e. The van der Waals surface area contributed by atoms with Crippen molar-refractivity contribution in [1.29, 1.82) is 0 Å². The minimum atomic E-state index is -0.226. The number of hydrogen-bond donors (Lipinski definition) is 1. The molecule has 2 unspecified atom stereocenters. The Morgan fingerprint density at radius 3 is 2.70 bits per heavy atom. The molecular weight excluding hydrogens is 257 g/mol. The van der Waals surface area contributed by atoms with Crippen molar-refractivity contribution < 1.29 is 4.39 Å². The van der Waals surface area contributed by atoms with Crippen molar-refractivity contribution >= 4 is 0 Å². The van der Waals surface area contributed by atoms with Crippen LogP contribution >= 0.6 is 0 Å². The standard InChI is InChI=1S/C14H18FN5/c1-10(16)14(11-2-4-12(15)5-3-11)19-6-7-20-9-17-18-13(20)8-19/h2-5,9-10,14H,6-8,16H2,1H3. The van der Waals surface area contributed by atoms with Gasteiger partial charge in [-0.1, -0.05) is 12.1 Å². The predicted molar refractivity (Wildman–Crippen MR) is 73.2 cm³/mol. The number of benzene rings is 1. The molecule has 1 aromatic carbocycles. The third-order valence-electron chi connectivity index (χ3n) is 3.77. The normalized spacial score (nSPS) is 18.6. The molecule has 3 rings (SSSR count). The van der Waals surface area contributed by atoms with Gasteiger partial charge in [-0.2, -0.15) is 0 Å². The zero-order valence-electron chi connectivity index (χ0n) is 11.4. The first kappa shape index (κ1) is 13.2. The van der Waals surface area contributed by atoms with Gasteiger partial charge in [0.2, 0.25) is 0 Å². The lowest BCUT2D eigenvalue weighted by Crippen LogP contribution is -2.43. The molecule has 0 aliphatic carbocycles. The fourth-order valence-electron chi connectivity index (χ4n) is 2.83. The fourth-order valence-corrected chi connectivity index (χ4v) is 2.83. The van der Waals surface area contributed by atoms with Crippen LogP contribution in [0.15, 0.2) is 30.6 Å². The number of fused-ring (bicyclic) bond motifs is 1. The Balaban J connectivity index is 1.87. The molecule has 2 N–H and O–H groups in total. The van der Waals surface area contributed by atoms with E-state index in [4.69, 9.17) is 5.73 Å². The summed E-state index contributed by atoms with van der Waals surface area (Å²) in [6.45, 7) is 4.43. The summed E-state index contributed by atoms with van der Waals surface area (Å²) in [5.74, 6) is 0.722. The number of halogens is 1. The summed E-state index contributed by atoms with van der Waals surface area (Å²) in [6.07, 6.45) is 1.76. The Labute approximate surface area is 117 Å². The molecule has 106 valence electrons. The van der Waals surface area contributed by atoms with E-state index in [1.54, 1.807) is 6.33 Å². The van der Waals surface area contributed by atoms with Crippen LogP contribution in [0.1, 0.15) is 24.4 Å². The minimum Gasteiger partial charge on any atom is -0.326 e. The van der Waals surface area contributed by atoms with Crippen molar-refractivity contribution in [2.45, 2.75) is 32.1 Å². The third-order valence-corrected chi connectivity index (χ3v) is 3.77.